The average Bonchev–Trinajstić information content (AvgIpc) is 2.45. The molecule has 0 aromatic carbocycles. The lowest BCUT2D eigenvalue weighted by molar-refractivity contribution is 0.0928. The zero-order valence-corrected chi connectivity index (χ0v) is 9.47. The quantitative estimate of drug-likeness (QED) is 0.751. The molecule has 0 unspecified atom stereocenters. The number of amides is 1. The van der Waals surface area contributed by atoms with Gasteiger partial charge in [0, 0.05) is 0 Å². The van der Waals surface area contributed by atoms with E-state index in [9.17, 15) is 4.79 Å². The predicted molar refractivity (Wildman–Crippen MR) is 58.6 cm³/mol. The normalized spacial score (nSPS) is 10.9. The van der Waals surface area contributed by atoms with E-state index in [0.717, 1.165) is 5.76 Å². The van der Waals surface area contributed by atoms with Crippen molar-refractivity contribution in [2.75, 3.05) is 0 Å². The number of aryl methyl sites for hydroxylation is 2. The highest BCUT2D eigenvalue weighted by Gasteiger charge is 2.20. The summed E-state index contributed by atoms with van der Waals surface area (Å²) >= 11 is 0. The maximum Gasteiger partial charge on any atom is 0.255 e. The van der Waals surface area contributed by atoms with Crippen molar-refractivity contribution in [3.8, 4) is 12.3 Å². The zero-order valence-electron chi connectivity index (χ0n) is 9.47. The molecule has 80 valence electrons. The first-order valence-corrected chi connectivity index (χ1v) is 4.73. The molecule has 0 radical (unpaired) electrons. The summed E-state index contributed by atoms with van der Waals surface area (Å²) in [6.07, 6.45) is 5.29. The number of nitrogens with one attached hydrogen (secondary N) is 1. The molecular formula is C12H15NO2. The summed E-state index contributed by atoms with van der Waals surface area (Å²) < 4.78 is 5.27. The first-order chi connectivity index (χ1) is 6.85. The predicted octanol–water partition coefficient (Wildman–Crippen LogP) is 2.04. The highest BCUT2D eigenvalue weighted by molar-refractivity contribution is 5.95. The van der Waals surface area contributed by atoms with Crippen molar-refractivity contribution in [3.05, 3.63) is 23.2 Å². The molecule has 0 aliphatic heterocycles. The van der Waals surface area contributed by atoms with Gasteiger partial charge in [-0.2, -0.15) is 0 Å². The van der Waals surface area contributed by atoms with Crippen LogP contribution in [0.25, 0.3) is 0 Å². The Morgan fingerprint density at radius 3 is 2.53 bits per heavy atom. The van der Waals surface area contributed by atoms with Crippen LogP contribution < -0.4 is 5.32 Å². The van der Waals surface area contributed by atoms with Gasteiger partial charge in [0.05, 0.1) is 11.1 Å². The first-order valence-electron chi connectivity index (χ1n) is 4.73. The third kappa shape index (κ3) is 2.63. The Labute approximate surface area is 89.9 Å². The highest BCUT2D eigenvalue weighted by Crippen LogP contribution is 2.14. The van der Waals surface area contributed by atoms with Crippen LogP contribution in [-0.4, -0.2) is 11.4 Å². The molecule has 3 nitrogen and oxygen atoms in total. The van der Waals surface area contributed by atoms with Gasteiger partial charge in [0.2, 0.25) is 0 Å². The van der Waals surface area contributed by atoms with Crippen LogP contribution in [0.3, 0.4) is 0 Å². The minimum Gasteiger partial charge on any atom is -0.466 e. The van der Waals surface area contributed by atoms with Gasteiger partial charge in [0.25, 0.3) is 5.91 Å². The molecule has 1 amide bonds. The van der Waals surface area contributed by atoms with Crippen molar-refractivity contribution >= 4 is 5.91 Å². The maximum absolute atomic E-state index is 11.8. The third-order valence-electron chi connectivity index (χ3n) is 2.07. The maximum atomic E-state index is 11.8. The molecule has 0 saturated heterocycles. The van der Waals surface area contributed by atoms with Crippen LogP contribution in [0.4, 0.5) is 0 Å². The molecule has 1 aromatic heterocycles. The van der Waals surface area contributed by atoms with E-state index in [1.807, 2.05) is 0 Å². The fourth-order valence-corrected chi connectivity index (χ4v) is 1.24. The van der Waals surface area contributed by atoms with E-state index in [1.165, 1.54) is 0 Å². The van der Waals surface area contributed by atoms with E-state index in [2.05, 4.69) is 11.2 Å². The second-order valence-electron chi connectivity index (χ2n) is 4.05. The van der Waals surface area contributed by atoms with Gasteiger partial charge in [-0.3, -0.25) is 4.79 Å². The molecule has 1 aromatic rings. The van der Waals surface area contributed by atoms with Crippen LogP contribution in [0.2, 0.25) is 0 Å². The summed E-state index contributed by atoms with van der Waals surface area (Å²) in [5, 5.41) is 2.74. The molecule has 1 heterocycles. The first kappa shape index (κ1) is 11.4. The Morgan fingerprint density at radius 1 is 1.53 bits per heavy atom. The van der Waals surface area contributed by atoms with Crippen LogP contribution in [-0.2, 0) is 0 Å². The number of carbonyl (C=O) groups excluding carboxylic acids is 1. The van der Waals surface area contributed by atoms with E-state index >= 15 is 0 Å². The summed E-state index contributed by atoms with van der Waals surface area (Å²) in [6, 6.07) is 1.71. The molecule has 1 N–H and O–H groups in total. The lowest BCUT2D eigenvalue weighted by Gasteiger charge is -2.19. The summed E-state index contributed by atoms with van der Waals surface area (Å²) in [7, 11) is 0. The standard InChI is InChI=1S/C12H15NO2/c1-6-12(4,5)13-11(14)10-7-8(2)15-9(10)3/h1,7H,2-5H3,(H,13,14). The van der Waals surface area contributed by atoms with Gasteiger partial charge in [-0.05, 0) is 33.8 Å². The van der Waals surface area contributed by atoms with Gasteiger partial charge >= 0.3 is 0 Å². The van der Waals surface area contributed by atoms with Crippen LogP contribution in [0, 0.1) is 26.2 Å². The molecule has 3 heteroatoms. The van der Waals surface area contributed by atoms with Gasteiger partial charge in [-0.1, -0.05) is 5.92 Å². The minimum atomic E-state index is -0.644. The molecule has 0 saturated carbocycles. The lowest BCUT2D eigenvalue weighted by Crippen LogP contribution is -2.42. The Balaban J connectivity index is 2.88. The number of carbonyl (C=O) groups is 1. The number of hydrogen-bond acceptors (Lipinski definition) is 2. The number of rotatable bonds is 2. The number of furan rings is 1. The molecule has 1 rings (SSSR count). The Kier molecular flexibility index (Phi) is 2.90. The smallest absolute Gasteiger partial charge is 0.255 e. The summed E-state index contributed by atoms with van der Waals surface area (Å²) in [5.74, 6) is 3.63. The van der Waals surface area contributed by atoms with Crippen molar-refractivity contribution in [2.24, 2.45) is 0 Å². The lowest BCUT2D eigenvalue weighted by atomic mass is 10.1. The molecule has 0 aliphatic rings. The van der Waals surface area contributed by atoms with E-state index < -0.39 is 5.54 Å². The third-order valence-corrected chi connectivity index (χ3v) is 2.07. The topological polar surface area (TPSA) is 42.2 Å². The summed E-state index contributed by atoms with van der Waals surface area (Å²) in [5.41, 5.74) is -0.106. The van der Waals surface area contributed by atoms with Gasteiger partial charge in [-0.15, -0.1) is 6.42 Å². The molecular weight excluding hydrogens is 190 g/mol. The molecule has 0 aliphatic carbocycles. The summed E-state index contributed by atoms with van der Waals surface area (Å²) in [4.78, 5) is 11.8. The van der Waals surface area contributed by atoms with Crippen molar-refractivity contribution in [1.82, 2.24) is 5.32 Å². The fourth-order valence-electron chi connectivity index (χ4n) is 1.24. The van der Waals surface area contributed by atoms with Gasteiger partial charge in [-0.25, -0.2) is 0 Å². The second kappa shape index (κ2) is 3.82. The van der Waals surface area contributed by atoms with Crippen LogP contribution in [0.5, 0.6) is 0 Å². The van der Waals surface area contributed by atoms with Gasteiger partial charge in [0.15, 0.2) is 0 Å². The largest absolute Gasteiger partial charge is 0.466 e. The molecule has 15 heavy (non-hydrogen) atoms. The highest BCUT2D eigenvalue weighted by atomic mass is 16.3. The monoisotopic (exact) mass is 205 g/mol. The van der Waals surface area contributed by atoms with Crippen molar-refractivity contribution in [1.29, 1.82) is 0 Å². The van der Waals surface area contributed by atoms with E-state index in [1.54, 1.807) is 33.8 Å². The van der Waals surface area contributed by atoms with E-state index in [-0.39, 0.29) is 5.91 Å². The van der Waals surface area contributed by atoms with E-state index in [4.69, 9.17) is 10.8 Å². The van der Waals surface area contributed by atoms with Crippen LogP contribution >= 0.6 is 0 Å². The van der Waals surface area contributed by atoms with Crippen molar-refractivity contribution < 1.29 is 9.21 Å². The van der Waals surface area contributed by atoms with Gasteiger partial charge in [0.1, 0.15) is 11.5 Å². The van der Waals surface area contributed by atoms with Crippen molar-refractivity contribution in [2.45, 2.75) is 33.2 Å². The zero-order chi connectivity index (χ0) is 11.6. The van der Waals surface area contributed by atoms with Gasteiger partial charge < -0.3 is 9.73 Å². The summed E-state index contributed by atoms with van der Waals surface area (Å²) in [6.45, 7) is 7.10. The fraction of sp³-hybridized carbons (Fsp3) is 0.417. The molecule has 0 bridgehead atoms. The second-order valence-corrected chi connectivity index (χ2v) is 4.05. The molecule has 0 atom stereocenters. The molecule has 0 fully saturated rings. The molecule has 0 spiro atoms. The Morgan fingerprint density at radius 2 is 2.13 bits per heavy atom. The number of terminal acetylenes is 1. The SMILES string of the molecule is C#CC(C)(C)NC(=O)c1cc(C)oc1C. The van der Waals surface area contributed by atoms with Crippen LogP contribution in [0.15, 0.2) is 10.5 Å². The number of hydrogen-bond donors (Lipinski definition) is 1. The Hall–Kier alpha value is -1.69. The van der Waals surface area contributed by atoms with E-state index in [0.29, 0.717) is 11.3 Å². The average molecular weight is 205 g/mol. The minimum absolute atomic E-state index is 0.202. The van der Waals surface area contributed by atoms with Crippen LogP contribution in [0.1, 0.15) is 35.7 Å². The Bertz CT molecular complexity index is 421. The van der Waals surface area contributed by atoms with Crippen molar-refractivity contribution in [3.63, 3.8) is 0 Å².